The second-order valence-electron chi connectivity index (χ2n) is 5.98. The molecule has 7 heteroatoms. The van der Waals surface area contributed by atoms with Crippen LogP contribution in [0.25, 0.3) is 11.1 Å². The van der Waals surface area contributed by atoms with Crippen molar-refractivity contribution in [2.24, 2.45) is 0 Å². The van der Waals surface area contributed by atoms with Gasteiger partial charge in [0, 0.05) is 7.05 Å². The number of aldehydes is 1. The van der Waals surface area contributed by atoms with Crippen LogP contribution < -0.4 is 10.4 Å². The summed E-state index contributed by atoms with van der Waals surface area (Å²) in [6.45, 7) is -0.336. The fourth-order valence-corrected chi connectivity index (χ4v) is 2.83. The fourth-order valence-electron chi connectivity index (χ4n) is 2.83. The third kappa shape index (κ3) is 3.63. The van der Waals surface area contributed by atoms with E-state index in [1.165, 1.54) is 37.6 Å². The number of phenols is 1. The van der Waals surface area contributed by atoms with E-state index in [4.69, 9.17) is 0 Å². The van der Waals surface area contributed by atoms with Crippen LogP contribution in [-0.2, 0) is 4.79 Å². The lowest BCUT2D eigenvalue weighted by molar-refractivity contribution is -0.144. The Morgan fingerprint density at radius 1 is 1.24 bits per heavy atom. The molecule has 1 aliphatic carbocycles. The normalized spacial score (nSPS) is 13.9. The summed E-state index contributed by atoms with van der Waals surface area (Å²) in [5, 5.41) is 21.3. The Morgan fingerprint density at radius 2 is 1.92 bits per heavy atom. The number of carbonyl (C=O) groups excluding carboxylic acids is 1. The van der Waals surface area contributed by atoms with E-state index >= 15 is 0 Å². The molecule has 2 aromatic carbocycles. The first-order valence-electron chi connectivity index (χ1n) is 8.05. The summed E-state index contributed by atoms with van der Waals surface area (Å²) < 4.78 is 14.6. The zero-order chi connectivity index (χ0) is 18.0. The summed E-state index contributed by atoms with van der Waals surface area (Å²) in [5.41, 5.74) is 4.63. The van der Waals surface area contributed by atoms with Crippen molar-refractivity contribution in [2.75, 3.05) is 18.6 Å². The van der Waals surface area contributed by atoms with E-state index in [-0.39, 0.29) is 18.0 Å². The number of carbonyl (C=O) groups is 1. The maximum Gasteiger partial charge on any atom is 0.152 e. The molecule has 25 heavy (non-hydrogen) atoms. The highest BCUT2D eigenvalue weighted by Crippen LogP contribution is 2.41. The molecule has 0 saturated heterocycles. The Hall–Kier alpha value is -2.48. The van der Waals surface area contributed by atoms with Crippen LogP contribution >= 0.6 is 0 Å². The number of phenolic OH excluding ortho intramolecular Hbond substituents is 1. The van der Waals surface area contributed by atoms with Crippen molar-refractivity contribution in [1.82, 2.24) is 10.7 Å². The predicted octanol–water partition coefficient (Wildman–Crippen LogP) is 2.82. The summed E-state index contributed by atoms with van der Waals surface area (Å²) in [7, 11) is 1.39. The zero-order valence-corrected chi connectivity index (χ0v) is 13.8. The van der Waals surface area contributed by atoms with E-state index in [2.05, 4.69) is 5.43 Å². The Morgan fingerprint density at radius 3 is 2.44 bits per heavy atom. The zero-order valence-electron chi connectivity index (χ0n) is 13.8. The number of benzene rings is 2. The molecule has 0 unspecified atom stereocenters. The van der Waals surface area contributed by atoms with Crippen LogP contribution in [0.5, 0.6) is 5.75 Å². The number of hydrogen-bond donors (Lipinski definition) is 3. The largest absolute Gasteiger partial charge is 0.506 e. The number of hydrazine groups is 2. The van der Waals surface area contributed by atoms with Gasteiger partial charge in [-0.1, -0.05) is 24.3 Å². The molecule has 6 nitrogen and oxygen atoms in total. The van der Waals surface area contributed by atoms with E-state index < -0.39 is 5.82 Å². The molecule has 0 aromatic heterocycles. The standard InChI is InChI=1S/C18H20FN3O3/c1-20-22(25)21(8-9-23)18-16(19)10-15(11-17(18)24)14-6-4-13(5-7-14)12-2-3-12/h4-7,9-12,20,24-25H,2-3,8H2,1H3. The second kappa shape index (κ2) is 7.18. The number of rotatable bonds is 7. The maximum atomic E-state index is 14.6. The topological polar surface area (TPSA) is 76.0 Å². The highest BCUT2D eigenvalue weighted by atomic mass is 19.1. The first kappa shape index (κ1) is 17.3. The molecule has 0 bridgehead atoms. The molecule has 3 rings (SSSR count). The van der Waals surface area contributed by atoms with Gasteiger partial charge in [-0.25, -0.2) is 9.82 Å². The molecule has 132 valence electrons. The van der Waals surface area contributed by atoms with Gasteiger partial charge >= 0.3 is 0 Å². The summed E-state index contributed by atoms with van der Waals surface area (Å²) in [4.78, 5) is 10.8. The number of nitrogens with zero attached hydrogens (tertiary/aromatic N) is 2. The molecule has 0 spiro atoms. The number of hydrogen-bond acceptors (Lipinski definition) is 6. The monoisotopic (exact) mass is 345 g/mol. The average Bonchev–Trinajstić information content (AvgIpc) is 3.45. The van der Waals surface area contributed by atoms with Crippen molar-refractivity contribution >= 4 is 12.0 Å². The van der Waals surface area contributed by atoms with Crippen molar-refractivity contribution in [3.05, 3.63) is 47.8 Å². The maximum absolute atomic E-state index is 14.6. The van der Waals surface area contributed by atoms with Crippen molar-refractivity contribution in [1.29, 1.82) is 0 Å². The molecule has 1 saturated carbocycles. The van der Waals surface area contributed by atoms with Gasteiger partial charge in [-0.05, 0) is 52.9 Å². The Labute approximate surface area is 145 Å². The van der Waals surface area contributed by atoms with Crippen LogP contribution in [0.1, 0.15) is 24.3 Å². The van der Waals surface area contributed by atoms with Crippen LogP contribution in [0.15, 0.2) is 36.4 Å². The van der Waals surface area contributed by atoms with Gasteiger partial charge in [0.2, 0.25) is 0 Å². The first-order valence-corrected chi connectivity index (χ1v) is 8.05. The summed E-state index contributed by atoms with van der Waals surface area (Å²) >= 11 is 0. The van der Waals surface area contributed by atoms with E-state index in [1.807, 2.05) is 24.3 Å². The van der Waals surface area contributed by atoms with Gasteiger partial charge in [-0.2, -0.15) is 0 Å². The minimum atomic E-state index is -0.752. The lowest BCUT2D eigenvalue weighted by atomic mass is 10.0. The second-order valence-corrected chi connectivity index (χ2v) is 5.98. The lowest BCUT2D eigenvalue weighted by Gasteiger charge is -2.29. The van der Waals surface area contributed by atoms with Crippen LogP contribution in [-0.4, -0.2) is 35.5 Å². The predicted molar refractivity (Wildman–Crippen MR) is 91.6 cm³/mol. The number of aromatic hydroxyl groups is 1. The van der Waals surface area contributed by atoms with E-state index in [0.717, 1.165) is 10.6 Å². The van der Waals surface area contributed by atoms with Gasteiger partial charge < -0.3 is 9.90 Å². The smallest absolute Gasteiger partial charge is 0.152 e. The Kier molecular flexibility index (Phi) is 4.98. The first-order chi connectivity index (χ1) is 12.0. The summed E-state index contributed by atoms with van der Waals surface area (Å²) in [5.74, 6) is -0.495. The molecular formula is C18H20FN3O3. The lowest BCUT2D eigenvalue weighted by Crippen LogP contribution is -2.48. The molecule has 0 amide bonds. The highest BCUT2D eigenvalue weighted by molar-refractivity contribution is 5.73. The van der Waals surface area contributed by atoms with Crippen LogP contribution in [0.2, 0.25) is 0 Å². The number of anilines is 1. The molecule has 0 aliphatic heterocycles. The van der Waals surface area contributed by atoms with Crippen molar-refractivity contribution in [2.45, 2.75) is 18.8 Å². The third-order valence-electron chi connectivity index (χ3n) is 4.27. The molecular weight excluding hydrogens is 325 g/mol. The molecule has 0 radical (unpaired) electrons. The molecule has 2 aromatic rings. The summed E-state index contributed by atoms with van der Waals surface area (Å²) in [6, 6.07) is 10.5. The van der Waals surface area contributed by atoms with Crippen LogP contribution in [0, 0.1) is 5.82 Å². The third-order valence-corrected chi connectivity index (χ3v) is 4.27. The van der Waals surface area contributed by atoms with E-state index in [1.54, 1.807) is 0 Å². The SMILES string of the molecule is CNN(O)N(CC=O)c1c(O)cc(-c2ccc(C3CC3)cc2)cc1F. The minimum absolute atomic E-state index is 0.290. The number of nitrogens with one attached hydrogen (secondary N) is 1. The van der Waals surface area contributed by atoms with Crippen LogP contribution in [0.4, 0.5) is 10.1 Å². The molecule has 0 atom stereocenters. The van der Waals surface area contributed by atoms with Crippen molar-refractivity contribution < 1.29 is 19.5 Å². The highest BCUT2D eigenvalue weighted by Gasteiger charge is 2.24. The Bertz CT molecular complexity index is 740. The van der Waals surface area contributed by atoms with Crippen molar-refractivity contribution in [3.63, 3.8) is 0 Å². The number of halogens is 1. The molecule has 3 N–H and O–H groups in total. The minimum Gasteiger partial charge on any atom is -0.506 e. The molecule has 0 heterocycles. The van der Waals surface area contributed by atoms with Crippen LogP contribution in [0.3, 0.4) is 0 Å². The van der Waals surface area contributed by atoms with Crippen molar-refractivity contribution in [3.8, 4) is 16.9 Å². The van der Waals surface area contributed by atoms with Gasteiger partial charge in [-0.15, -0.1) is 0 Å². The van der Waals surface area contributed by atoms with Gasteiger partial charge in [-0.3, -0.25) is 10.2 Å². The average molecular weight is 345 g/mol. The Balaban J connectivity index is 1.94. The van der Waals surface area contributed by atoms with Gasteiger partial charge in [0.15, 0.2) is 5.82 Å². The quantitative estimate of drug-likeness (QED) is 0.529. The van der Waals surface area contributed by atoms with Gasteiger partial charge in [0.1, 0.15) is 17.7 Å². The molecule has 1 fully saturated rings. The van der Waals surface area contributed by atoms with Gasteiger partial charge in [0.05, 0.1) is 6.54 Å². The molecule has 1 aliphatic rings. The van der Waals surface area contributed by atoms with E-state index in [0.29, 0.717) is 23.0 Å². The van der Waals surface area contributed by atoms with Gasteiger partial charge in [0.25, 0.3) is 0 Å². The summed E-state index contributed by atoms with van der Waals surface area (Å²) in [6.07, 6.45) is 2.91. The fraction of sp³-hybridized carbons (Fsp3) is 0.278. The van der Waals surface area contributed by atoms with E-state index in [9.17, 15) is 19.5 Å².